The molecule has 0 radical (unpaired) electrons. The van der Waals surface area contributed by atoms with Gasteiger partial charge in [-0.2, -0.15) is 0 Å². The Labute approximate surface area is 123 Å². The van der Waals surface area contributed by atoms with Crippen LogP contribution in [0.5, 0.6) is 0 Å². The number of hydrogen-bond acceptors (Lipinski definition) is 6. The molecular formula is C9H9HoO6. The largest absolute Gasteiger partial charge is 3.00 e. The molecule has 6 nitrogen and oxygen atoms in total. The molecule has 0 spiro atoms. The van der Waals surface area contributed by atoms with Gasteiger partial charge in [-0.15, -0.1) is 0 Å². The Hall–Kier alpha value is -1.11. The maximum Gasteiger partial charge on any atom is 3.00 e. The van der Waals surface area contributed by atoms with Gasteiger partial charge in [0.15, 0.2) is 0 Å². The van der Waals surface area contributed by atoms with Crippen LogP contribution >= 0.6 is 0 Å². The molecule has 92 valence electrons. The van der Waals surface area contributed by atoms with E-state index in [2.05, 4.69) is 19.7 Å². The fraction of sp³-hybridized carbons (Fsp3) is 0. The molecule has 0 heterocycles. The second-order valence-corrected chi connectivity index (χ2v) is 1.57. The first-order valence-electron chi connectivity index (χ1n) is 3.32. The van der Waals surface area contributed by atoms with E-state index in [0.717, 1.165) is 18.2 Å². The van der Waals surface area contributed by atoms with Crippen molar-refractivity contribution in [3.63, 3.8) is 0 Å². The molecule has 0 rings (SSSR count). The predicted octanol–water partition coefficient (Wildman–Crippen LogP) is -3.23. The predicted molar refractivity (Wildman–Crippen MR) is 45.6 cm³/mol. The Morgan fingerprint density at radius 3 is 0.750 bits per heavy atom. The van der Waals surface area contributed by atoms with Crippen LogP contribution in [-0.4, -0.2) is 17.9 Å². The molecule has 0 aliphatic carbocycles. The third-order valence-corrected chi connectivity index (χ3v) is 0.500. The molecule has 0 aromatic heterocycles. The molecule has 0 amide bonds. The van der Waals surface area contributed by atoms with Gasteiger partial charge in [0.25, 0.3) is 0 Å². The van der Waals surface area contributed by atoms with Crippen molar-refractivity contribution in [3.05, 3.63) is 38.0 Å². The van der Waals surface area contributed by atoms with Crippen molar-refractivity contribution in [2.24, 2.45) is 0 Å². The van der Waals surface area contributed by atoms with Crippen molar-refractivity contribution in [3.8, 4) is 0 Å². The molecule has 0 aromatic rings. The number of hydrogen-bond donors (Lipinski definition) is 0. The molecule has 0 bridgehead atoms. The van der Waals surface area contributed by atoms with Gasteiger partial charge < -0.3 is 29.7 Å². The number of carbonyl (C=O) groups is 3. The van der Waals surface area contributed by atoms with Crippen LogP contribution in [0.4, 0.5) is 0 Å². The number of rotatable bonds is 3. The van der Waals surface area contributed by atoms with Gasteiger partial charge >= 0.3 is 37.7 Å². The van der Waals surface area contributed by atoms with E-state index in [1.807, 2.05) is 0 Å². The number of carboxylic acid groups (broad SMARTS) is 3. The van der Waals surface area contributed by atoms with Crippen molar-refractivity contribution < 1.29 is 67.4 Å². The van der Waals surface area contributed by atoms with Crippen LogP contribution < -0.4 is 15.3 Å². The minimum Gasteiger partial charge on any atom is -0.545 e. The topological polar surface area (TPSA) is 120 Å². The molecule has 0 saturated heterocycles. The summed E-state index contributed by atoms with van der Waals surface area (Å²) in [6.45, 7) is 8.69. The van der Waals surface area contributed by atoms with Crippen LogP contribution in [0, 0.1) is 37.7 Å². The molecule has 0 fully saturated rings. The van der Waals surface area contributed by atoms with Crippen molar-refractivity contribution in [2.75, 3.05) is 0 Å². The van der Waals surface area contributed by atoms with Gasteiger partial charge in [-0.05, 0) is 18.2 Å². The van der Waals surface area contributed by atoms with Gasteiger partial charge in [-0.1, -0.05) is 19.7 Å². The van der Waals surface area contributed by atoms with Crippen LogP contribution in [0.3, 0.4) is 0 Å². The zero-order valence-electron chi connectivity index (χ0n) is 8.10. The molecule has 0 aliphatic heterocycles. The van der Waals surface area contributed by atoms with Crippen LogP contribution in [0.15, 0.2) is 38.0 Å². The fourth-order valence-corrected chi connectivity index (χ4v) is 0. The van der Waals surface area contributed by atoms with Gasteiger partial charge in [0.1, 0.15) is 0 Å². The van der Waals surface area contributed by atoms with Crippen molar-refractivity contribution in [1.29, 1.82) is 0 Å². The zero-order chi connectivity index (χ0) is 12.9. The quantitative estimate of drug-likeness (QED) is 0.376. The summed E-state index contributed by atoms with van der Waals surface area (Å²) in [6.07, 6.45) is 2.17. The average Bonchev–Trinajstić information content (AvgIpc) is 2.19. The summed E-state index contributed by atoms with van der Waals surface area (Å²) in [5.74, 6) is -3.69. The molecule has 7 heteroatoms. The maximum absolute atomic E-state index is 9.14. The summed E-state index contributed by atoms with van der Waals surface area (Å²) >= 11 is 0. The van der Waals surface area contributed by atoms with Gasteiger partial charge in [-0.25, -0.2) is 0 Å². The van der Waals surface area contributed by atoms with Crippen molar-refractivity contribution in [2.45, 2.75) is 0 Å². The smallest absolute Gasteiger partial charge is 0.545 e. The summed E-state index contributed by atoms with van der Waals surface area (Å²) in [5.41, 5.74) is 0. The van der Waals surface area contributed by atoms with E-state index in [1.165, 1.54) is 0 Å². The van der Waals surface area contributed by atoms with E-state index in [1.54, 1.807) is 0 Å². The monoisotopic (exact) mass is 378 g/mol. The van der Waals surface area contributed by atoms with Crippen LogP contribution in [-0.2, 0) is 14.4 Å². The molecule has 0 atom stereocenters. The summed E-state index contributed by atoms with van der Waals surface area (Å²) in [5, 5.41) is 27.4. The average molecular weight is 378 g/mol. The van der Waals surface area contributed by atoms with Crippen LogP contribution in [0.25, 0.3) is 0 Å². The summed E-state index contributed by atoms with van der Waals surface area (Å²) < 4.78 is 0. The van der Waals surface area contributed by atoms with Crippen LogP contribution in [0.1, 0.15) is 0 Å². The number of carbonyl (C=O) groups excluding carboxylic acids is 3. The summed E-state index contributed by atoms with van der Waals surface area (Å²) in [6, 6.07) is 0. The molecule has 16 heavy (non-hydrogen) atoms. The Kier molecular flexibility index (Phi) is 29.5. The maximum atomic E-state index is 9.14. The summed E-state index contributed by atoms with van der Waals surface area (Å²) in [7, 11) is 0. The molecule has 0 N–H and O–H groups in total. The third-order valence-electron chi connectivity index (χ3n) is 0.500. The minimum absolute atomic E-state index is 0. The van der Waals surface area contributed by atoms with Gasteiger partial charge in [0, 0.05) is 0 Å². The second-order valence-electron chi connectivity index (χ2n) is 1.57. The van der Waals surface area contributed by atoms with E-state index in [4.69, 9.17) is 29.7 Å². The first-order valence-corrected chi connectivity index (χ1v) is 3.32. The number of aliphatic carboxylic acids is 3. The SMILES string of the molecule is C=CC(=O)[O-].C=CC(=O)[O-].C=CC(=O)[O-].[Ho+3]. The summed E-state index contributed by atoms with van der Waals surface area (Å²) in [4.78, 5) is 27.4. The van der Waals surface area contributed by atoms with Gasteiger partial charge in [0.05, 0.1) is 17.9 Å². The van der Waals surface area contributed by atoms with Crippen molar-refractivity contribution >= 4 is 17.9 Å². The first-order chi connectivity index (χ1) is 6.81. The van der Waals surface area contributed by atoms with E-state index >= 15 is 0 Å². The normalized spacial score (nSPS) is 6.00. The molecule has 0 aromatic carbocycles. The Morgan fingerprint density at radius 1 is 0.688 bits per heavy atom. The van der Waals surface area contributed by atoms with Crippen molar-refractivity contribution in [1.82, 2.24) is 0 Å². The minimum atomic E-state index is -1.23. The third kappa shape index (κ3) is 76.2. The number of carboxylic acids is 3. The molecule has 0 saturated carbocycles. The Balaban J connectivity index is -0.0000000655. The second kappa shape index (κ2) is 19.5. The Morgan fingerprint density at radius 2 is 0.750 bits per heavy atom. The first kappa shape index (κ1) is 24.2. The standard InChI is InChI=1S/3C3H4O2.Ho/c3*1-2-3(4)5;/h3*2H,1H2,(H,4,5);/q;;;+3/p-3. The van der Waals surface area contributed by atoms with E-state index in [-0.39, 0.29) is 37.7 Å². The molecule has 0 unspecified atom stereocenters. The van der Waals surface area contributed by atoms with E-state index < -0.39 is 17.9 Å². The van der Waals surface area contributed by atoms with Gasteiger partial charge in [0.2, 0.25) is 0 Å². The Bertz CT molecular complexity index is 216. The van der Waals surface area contributed by atoms with Gasteiger partial charge in [-0.3, -0.25) is 0 Å². The van der Waals surface area contributed by atoms with E-state index in [0.29, 0.717) is 0 Å². The molecular weight excluding hydrogens is 369 g/mol. The zero-order valence-corrected chi connectivity index (χ0v) is 10.0. The van der Waals surface area contributed by atoms with Crippen LogP contribution in [0.2, 0.25) is 0 Å². The molecule has 0 aliphatic rings. The van der Waals surface area contributed by atoms with E-state index in [9.17, 15) is 0 Å². The fourth-order valence-electron chi connectivity index (χ4n) is 0.